The van der Waals surface area contributed by atoms with Gasteiger partial charge in [0.2, 0.25) is 11.8 Å². The molecule has 2 heterocycles. The molecule has 0 saturated carbocycles. The van der Waals surface area contributed by atoms with Crippen molar-refractivity contribution in [3.63, 3.8) is 0 Å². The number of hydrogen-bond acceptors (Lipinski definition) is 5. The van der Waals surface area contributed by atoms with Crippen LogP contribution in [-0.4, -0.2) is 25.9 Å². The lowest BCUT2D eigenvalue weighted by Crippen LogP contribution is -2.17. The van der Waals surface area contributed by atoms with Crippen LogP contribution < -0.4 is 5.73 Å². The number of oxazole rings is 1. The van der Waals surface area contributed by atoms with E-state index in [1.807, 2.05) is 25.1 Å². The van der Waals surface area contributed by atoms with Gasteiger partial charge in [-0.1, -0.05) is 25.1 Å². The normalized spacial score (nSPS) is 13.2. The molecule has 7 nitrogen and oxygen atoms in total. The topological polar surface area (TPSA) is 99.8 Å². The van der Waals surface area contributed by atoms with Crippen LogP contribution in [0.25, 0.3) is 17.2 Å². The van der Waals surface area contributed by atoms with E-state index < -0.39 is 5.91 Å². The molecular weight excluding hydrogens is 306 g/mol. The van der Waals surface area contributed by atoms with Crippen LogP contribution in [0.3, 0.4) is 0 Å². The first kappa shape index (κ1) is 15.9. The first-order valence-corrected chi connectivity index (χ1v) is 7.70. The average molecular weight is 325 g/mol. The van der Waals surface area contributed by atoms with Gasteiger partial charge < -0.3 is 10.2 Å². The van der Waals surface area contributed by atoms with Gasteiger partial charge >= 0.3 is 0 Å². The van der Waals surface area contributed by atoms with E-state index in [0.717, 1.165) is 16.7 Å². The summed E-state index contributed by atoms with van der Waals surface area (Å²) in [5.41, 5.74) is 8.33. The number of hydrogen-bond donors (Lipinski definition) is 1. The molecule has 0 saturated heterocycles. The number of carbonyl (C=O) groups excluding carboxylic acids is 1. The lowest BCUT2D eigenvalue weighted by Gasteiger charge is -2.16. The number of amides is 1. The number of nitrogens with two attached hydrogens (primary N) is 1. The largest absolute Gasteiger partial charge is 0.438 e. The molecule has 0 aliphatic heterocycles. The van der Waals surface area contributed by atoms with Crippen LogP contribution >= 0.6 is 0 Å². The smallest absolute Gasteiger partial charge is 0.241 e. The summed E-state index contributed by atoms with van der Waals surface area (Å²) in [5, 5.41) is 8.18. The van der Waals surface area contributed by atoms with Crippen LogP contribution in [0.15, 0.2) is 34.9 Å². The standard InChI is InChI=1S/C17H19N5O2/c1-10(2)16(22-9-12(20-21-22)5-7-15(18)23)17-19-13-6-4-11(3)8-14(13)24-17/h4-10,16H,1-3H3,(H2,18,23). The quantitative estimate of drug-likeness (QED) is 0.726. The summed E-state index contributed by atoms with van der Waals surface area (Å²) in [6, 6.07) is 5.71. The summed E-state index contributed by atoms with van der Waals surface area (Å²) in [6.07, 6.45) is 4.52. The number of carbonyl (C=O) groups is 1. The highest BCUT2D eigenvalue weighted by Crippen LogP contribution is 2.28. The Kier molecular flexibility index (Phi) is 4.16. The SMILES string of the molecule is Cc1ccc2nc(C(C(C)C)n3cc(C=CC(N)=O)nn3)oc2c1. The molecule has 2 aromatic heterocycles. The third kappa shape index (κ3) is 3.19. The highest BCUT2D eigenvalue weighted by molar-refractivity contribution is 5.89. The van der Waals surface area contributed by atoms with Crippen molar-refractivity contribution in [1.29, 1.82) is 0 Å². The van der Waals surface area contributed by atoms with Gasteiger partial charge in [0.05, 0.1) is 6.20 Å². The fraction of sp³-hybridized carbons (Fsp3) is 0.294. The van der Waals surface area contributed by atoms with Crippen molar-refractivity contribution in [3.05, 3.63) is 47.6 Å². The minimum Gasteiger partial charge on any atom is -0.438 e. The van der Waals surface area contributed by atoms with Crippen molar-refractivity contribution < 1.29 is 9.21 Å². The van der Waals surface area contributed by atoms with Crippen molar-refractivity contribution in [2.45, 2.75) is 26.8 Å². The Morgan fingerprint density at radius 2 is 2.17 bits per heavy atom. The minimum absolute atomic E-state index is 0.189. The van der Waals surface area contributed by atoms with Crippen molar-refractivity contribution in [3.8, 4) is 0 Å². The summed E-state index contributed by atoms with van der Waals surface area (Å²) < 4.78 is 7.64. The van der Waals surface area contributed by atoms with E-state index >= 15 is 0 Å². The summed E-state index contributed by atoms with van der Waals surface area (Å²) in [7, 11) is 0. The van der Waals surface area contributed by atoms with Gasteiger partial charge in [-0.3, -0.25) is 4.79 Å². The second kappa shape index (κ2) is 6.27. The van der Waals surface area contributed by atoms with E-state index in [-0.39, 0.29) is 12.0 Å². The van der Waals surface area contributed by atoms with Crippen LogP contribution in [-0.2, 0) is 4.79 Å². The van der Waals surface area contributed by atoms with Gasteiger partial charge in [0.25, 0.3) is 0 Å². The molecule has 0 spiro atoms. The van der Waals surface area contributed by atoms with Gasteiger partial charge in [0.15, 0.2) is 5.58 Å². The molecule has 3 aromatic rings. The molecule has 0 fully saturated rings. The van der Waals surface area contributed by atoms with Gasteiger partial charge in [-0.2, -0.15) is 0 Å². The number of benzene rings is 1. The van der Waals surface area contributed by atoms with Crippen molar-refractivity contribution in [1.82, 2.24) is 20.0 Å². The molecule has 7 heteroatoms. The van der Waals surface area contributed by atoms with Crippen LogP contribution in [0.5, 0.6) is 0 Å². The molecule has 3 rings (SSSR count). The minimum atomic E-state index is -0.528. The Hall–Kier alpha value is -2.96. The average Bonchev–Trinajstić information content (AvgIpc) is 3.11. The van der Waals surface area contributed by atoms with Crippen molar-refractivity contribution >= 4 is 23.1 Å². The lowest BCUT2D eigenvalue weighted by molar-refractivity contribution is -0.113. The van der Waals surface area contributed by atoms with Gasteiger partial charge in [-0.25, -0.2) is 9.67 Å². The maximum absolute atomic E-state index is 10.8. The molecule has 1 unspecified atom stereocenters. The van der Waals surface area contributed by atoms with E-state index in [1.54, 1.807) is 10.9 Å². The van der Waals surface area contributed by atoms with Crippen LogP contribution in [0.1, 0.15) is 37.0 Å². The Balaban J connectivity index is 1.98. The van der Waals surface area contributed by atoms with Gasteiger partial charge in [-0.05, 0) is 36.6 Å². The van der Waals surface area contributed by atoms with Crippen molar-refractivity contribution in [2.24, 2.45) is 11.7 Å². The lowest BCUT2D eigenvalue weighted by atomic mass is 10.0. The second-order valence-electron chi connectivity index (χ2n) is 6.07. The predicted molar refractivity (Wildman–Crippen MR) is 90.0 cm³/mol. The third-order valence-electron chi connectivity index (χ3n) is 3.68. The number of primary amides is 1. The van der Waals surface area contributed by atoms with Crippen molar-refractivity contribution in [2.75, 3.05) is 0 Å². The molecule has 1 atom stereocenters. The number of nitrogens with zero attached hydrogens (tertiary/aromatic N) is 4. The zero-order valence-electron chi connectivity index (χ0n) is 13.8. The number of aryl methyl sites for hydroxylation is 1. The van der Waals surface area contributed by atoms with Gasteiger partial charge in [0.1, 0.15) is 17.3 Å². The fourth-order valence-corrected chi connectivity index (χ4v) is 2.55. The number of aromatic nitrogens is 4. The molecule has 24 heavy (non-hydrogen) atoms. The van der Waals surface area contributed by atoms with Crippen LogP contribution in [0, 0.1) is 12.8 Å². The highest BCUT2D eigenvalue weighted by Gasteiger charge is 2.25. The number of fused-ring (bicyclic) bond motifs is 1. The molecule has 1 aromatic carbocycles. The zero-order valence-corrected chi connectivity index (χ0v) is 13.8. The molecule has 1 amide bonds. The monoisotopic (exact) mass is 325 g/mol. The second-order valence-corrected chi connectivity index (χ2v) is 6.07. The van der Waals surface area contributed by atoms with Gasteiger partial charge in [-0.15, -0.1) is 5.10 Å². The summed E-state index contributed by atoms with van der Waals surface area (Å²) in [5.74, 6) is 0.244. The fourth-order valence-electron chi connectivity index (χ4n) is 2.55. The first-order chi connectivity index (χ1) is 11.4. The molecule has 0 aliphatic rings. The Bertz CT molecular complexity index is 907. The number of rotatable bonds is 5. The predicted octanol–water partition coefficient (Wildman–Crippen LogP) is 2.47. The van der Waals surface area contributed by atoms with E-state index in [1.165, 1.54) is 12.2 Å². The van der Waals surface area contributed by atoms with Gasteiger partial charge in [0, 0.05) is 6.08 Å². The van der Waals surface area contributed by atoms with E-state index in [4.69, 9.17) is 10.2 Å². The summed E-state index contributed by atoms with van der Waals surface area (Å²) in [6.45, 7) is 6.13. The molecule has 0 radical (unpaired) electrons. The maximum atomic E-state index is 10.8. The van der Waals surface area contributed by atoms with E-state index in [9.17, 15) is 4.79 Å². The summed E-state index contributed by atoms with van der Waals surface area (Å²) in [4.78, 5) is 15.4. The first-order valence-electron chi connectivity index (χ1n) is 7.70. The molecule has 2 N–H and O–H groups in total. The third-order valence-corrected chi connectivity index (χ3v) is 3.68. The maximum Gasteiger partial charge on any atom is 0.241 e. The van der Waals surface area contributed by atoms with Crippen LogP contribution in [0.2, 0.25) is 0 Å². The summed E-state index contributed by atoms with van der Waals surface area (Å²) >= 11 is 0. The Morgan fingerprint density at radius 3 is 2.88 bits per heavy atom. The van der Waals surface area contributed by atoms with Crippen LogP contribution in [0.4, 0.5) is 0 Å². The zero-order chi connectivity index (χ0) is 17.3. The van der Waals surface area contributed by atoms with E-state index in [0.29, 0.717) is 11.6 Å². The molecule has 0 aliphatic carbocycles. The Morgan fingerprint density at radius 1 is 1.38 bits per heavy atom. The molecular formula is C17H19N5O2. The molecule has 124 valence electrons. The molecule has 0 bridgehead atoms. The Labute approximate surface area is 139 Å². The highest BCUT2D eigenvalue weighted by atomic mass is 16.3. The van der Waals surface area contributed by atoms with E-state index in [2.05, 4.69) is 29.1 Å².